The van der Waals surface area contributed by atoms with Crippen molar-refractivity contribution in [1.29, 1.82) is 0 Å². The topological polar surface area (TPSA) is 87.3 Å². The van der Waals surface area contributed by atoms with Crippen LogP contribution >= 0.6 is 15.9 Å². The molecule has 158 valence electrons. The Kier molecular flexibility index (Phi) is 7.63. The summed E-state index contributed by atoms with van der Waals surface area (Å²) in [5, 5.41) is 8.68. The van der Waals surface area contributed by atoms with E-state index in [1.54, 1.807) is 0 Å². The van der Waals surface area contributed by atoms with Crippen LogP contribution in [0.5, 0.6) is 0 Å². The molecule has 1 aliphatic carbocycles. The molecule has 1 saturated carbocycles. The number of nitrogens with one attached hydrogen (secondary N) is 3. The van der Waals surface area contributed by atoms with Crippen LogP contribution in [-0.2, 0) is 20.9 Å². The molecule has 3 rings (SSSR count). The second-order valence-electron chi connectivity index (χ2n) is 7.60. The van der Waals surface area contributed by atoms with E-state index < -0.39 is 6.04 Å². The highest BCUT2D eigenvalue weighted by molar-refractivity contribution is 9.10. The second kappa shape index (κ2) is 10.4. The number of benzene rings is 2. The van der Waals surface area contributed by atoms with Gasteiger partial charge in [-0.3, -0.25) is 14.4 Å². The summed E-state index contributed by atoms with van der Waals surface area (Å²) >= 11 is 3.39. The number of anilines is 1. The molecule has 1 fully saturated rings. The Labute approximate surface area is 184 Å². The summed E-state index contributed by atoms with van der Waals surface area (Å²) < 4.78 is 0.932. The predicted molar refractivity (Wildman–Crippen MR) is 120 cm³/mol. The Morgan fingerprint density at radius 2 is 1.83 bits per heavy atom. The van der Waals surface area contributed by atoms with Gasteiger partial charge in [0, 0.05) is 29.5 Å². The highest BCUT2D eigenvalue weighted by Gasteiger charge is 2.25. The molecule has 0 heterocycles. The van der Waals surface area contributed by atoms with Crippen LogP contribution in [0.25, 0.3) is 0 Å². The SMILES string of the molecule is CC(=O)NC(CC(=O)NCc1cccc(NC(=O)C2CCC2)c1)c1ccc(Br)cc1. The van der Waals surface area contributed by atoms with Crippen LogP contribution in [0.15, 0.2) is 53.0 Å². The predicted octanol–water partition coefficient (Wildman–Crippen LogP) is 4.07. The zero-order valence-corrected chi connectivity index (χ0v) is 18.5. The summed E-state index contributed by atoms with van der Waals surface area (Å²) in [5.74, 6) is -0.168. The van der Waals surface area contributed by atoms with E-state index in [2.05, 4.69) is 31.9 Å². The van der Waals surface area contributed by atoms with E-state index in [0.29, 0.717) is 6.54 Å². The van der Waals surface area contributed by atoms with Crippen LogP contribution in [0.3, 0.4) is 0 Å². The molecule has 1 aliphatic rings. The van der Waals surface area contributed by atoms with Gasteiger partial charge in [-0.2, -0.15) is 0 Å². The molecular weight excluding hydrogens is 446 g/mol. The van der Waals surface area contributed by atoms with E-state index in [0.717, 1.165) is 40.5 Å². The molecule has 0 aromatic heterocycles. The quantitative estimate of drug-likeness (QED) is 0.542. The third-order valence-electron chi connectivity index (χ3n) is 5.20. The molecule has 6 nitrogen and oxygen atoms in total. The van der Waals surface area contributed by atoms with Gasteiger partial charge in [-0.05, 0) is 48.2 Å². The molecule has 7 heteroatoms. The first-order valence-electron chi connectivity index (χ1n) is 10.1. The number of carbonyl (C=O) groups excluding carboxylic acids is 3. The minimum atomic E-state index is -0.399. The van der Waals surface area contributed by atoms with Crippen molar-refractivity contribution in [3.05, 3.63) is 64.1 Å². The number of amides is 3. The summed E-state index contributed by atoms with van der Waals surface area (Å²) in [6.07, 6.45) is 3.16. The minimum Gasteiger partial charge on any atom is -0.352 e. The number of rotatable bonds is 8. The molecule has 0 spiro atoms. The molecule has 1 atom stereocenters. The average molecular weight is 472 g/mol. The average Bonchev–Trinajstić information content (AvgIpc) is 2.65. The molecule has 1 unspecified atom stereocenters. The lowest BCUT2D eigenvalue weighted by Crippen LogP contribution is -2.32. The standard InChI is InChI=1S/C23H26BrN3O3/c1-15(28)26-21(17-8-10-19(24)11-9-17)13-22(29)25-14-16-4-2-7-20(12-16)27-23(30)18-5-3-6-18/h2,4,7-12,18,21H,3,5-6,13-14H2,1H3,(H,25,29)(H,26,28)(H,27,30). The lowest BCUT2D eigenvalue weighted by molar-refractivity contribution is -0.123. The highest BCUT2D eigenvalue weighted by Crippen LogP contribution is 2.27. The van der Waals surface area contributed by atoms with Crippen molar-refractivity contribution in [3.63, 3.8) is 0 Å². The van der Waals surface area contributed by atoms with Gasteiger partial charge in [0.25, 0.3) is 0 Å². The van der Waals surface area contributed by atoms with Crippen molar-refractivity contribution in [2.45, 2.75) is 45.2 Å². The van der Waals surface area contributed by atoms with E-state index in [1.165, 1.54) is 6.92 Å². The highest BCUT2D eigenvalue weighted by atomic mass is 79.9. The smallest absolute Gasteiger partial charge is 0.227 e. The number of halogens is 1. The molecule has 0 saturated heterocycles. The van der Waals surface area contributed by atoms with E-state index in [-0.39, 0.29) is 30.1 Å². The minimum absolute atomic E-state index is 0.0649. The first-order valence-corrected chi connectivity index (χ1v) is 10.9. The van der Waals surface area contributed by atoms with Crippen molar-refractivity contribution in [2.75, 3.05) is 5.32 Å². The van der Waals surface area contributed by atoms with E-state index >= 15 is 0 Å². The van der Waals surface area contributed by atoms with Crippen LogP contribution in [-0.4, -0.2) is 17.7 Å². The van der Waals surface area contributed by atoms with Gasteiger partial charge in [-0.15, -0.1) is 0 Å². The summed E-state index contributed by atoms with van der Waals surface area (Å²) in [6.45, 7) is 1.78. The largest absolute Gasteiger partial charge is 0.352 e. The van der Waals surface area contributed by atoms with Gasteiger partial charge >= 0.3 is 0 Å². The maximum absolute atomic E-state index is 12.5. The van der Waals surface area contributed by atoms with Gasteiger partial charge in [-0.25, -0.2) is 0 Å². The maximum atomic E-state index is 12.5. The van der Waals surface area contributed by atoms with E-state index in [4.69, 9.17) is 0 Å². The normalized spacial score (nSPS) is 14.3. The first-order chi connectivity index (χ1) is 14.4. The fraction of sp³-hybridized carbons (Fsp3) is 0.348. The molecular formula is C23H26BrN3O3. The molecule has 0 bridgehead atoms. The Balaban J connectivity index is 1.55. The van der Waals surface area contributed by atoms with Crippen LogP contribution in [0.1, 0.15) is 49.8 Å². The second-order valence-corrected chi connectivity index (χ2v) is 8.52. The van der Waals surface area contributed by atoms with Crippen molar-refractivity contribution in [2.24, 2.45) is 5.92 Å². The fourth-order valence-electron chi connectivity index (χ4n) is 3.32. The molecule has 30 heavy (non-hydrogen) atoms. The Morgan fingerprint density at radius 3 is 2.47 bits per heavy atom. The van der Waals surface area contributed by atoms with Crippen LogP contribution < -0.4 is 16.0 Å². The lowest BCUT2D eigenvalue weighted by atomic mass is 9.85. The fourth-order valence-corrected chi connectivity index (χ4v) is 3.59. The Hall–Kier alpha value is -2.67. The van der Waals surface area contributed by atoms with Crippen LogP contribution in [0.4, 0.5) is 5.69 Å². The third-order valence-corrected chi connectivity index (χ3v) is 5.73. The zero-order chi connectivity index (χ0) is 21.5. The molecule has 2 aromatic carbocycles. The molecule has 3 amide bonds. The molecule has 0 radical (unpaired) electrons. The Bertz CT molecular complexity index is 910. The van der Waals surface area contributed by atoms with Crippen molar-refractivity contribution in [3.8, 4) is 0 Å². The summed E-state index contributed by atoms with van der Waals surface area (Å²) in [4.78, 5) is 36.2. The van der Waals surface area contributed by atoms with E-state index in [1.807, 2.05) is 48.5 Å². The maximum Gasteiger partial charge on any atom is 0.227 e. The van der Waals surface area contributed by atoms with Crippen molar-refractivity contribution in [1.82, 2.24) is 10.6 Å². The lowest BCUT2D eigenvalue weighted by Gasteiger charge is -2.24. The number of hydrogen-bond acceptors (Lipinski definition) is 3. The summed E-state index contributed by atoms with van der Waals surface area (Å²) in [6, 6.07) is 14.6. The van der Waals surface area contributed by atoms with Gasteiger partial charge in [0.15, 0.2) is 0 Å². The first kappa shape index (κ1) is 22.0. The van der Waals surface area contributed by atoms with Gasteiger partial charge in [0.05, 0.1) is 12.5 Å². The van der Waals surface area contributed by atoms with Gasteiger partial charge in [0.2, 0.25) is 17.7 Å². The van der Waals surface area contributed by atoms with Crippen molar-refractivity contribution >= 4 is 39.3 Å². The Morgan fingerprint density at radius 1 is 1.10 bits per heavy atom. The van der Waals surface area contributed by atoms with Gasteiger partial charge in [0.1, 0.15) is 0 Å². The van der Waals surface area contributed by atoms with Crippen LogP contribution in [0, 0.1) is 5.92 Å². The van der Waals surface area contributed by atoms with Gasteiger partial charge < -0.3 is 16.0 Å². The van der Waals surface area contributed by atoms with E-state index in [9.17, 15) is 14.4 Å². The number of carbonyl (C=O) groups is 3. The third kappa shape index (κ3) is 6.42. The van der Waals surface area contributed by atoms with Crippen LogP contribution in [0.2, 0.25) is 0 Å². The molecule has 3 N–H and O–H groups in total. The zero-order valence-electron chi connectivity index (χ0n) is 16.9. The summed E-state index contributed by atoms with van der Waals surface area (Å²) in [7, 11) is 0. The number of hydrogen-bond donors (Lipinski definition) is 3. The monoisotopic (exact) mass is 471 g/mol. The van der Waals surface area contributed by atoms with Gasteiger partial charge in [-0.1, -0.05) is 46.6 Å². The van der Waals surface area contributed by atoms with Crippen molar-refractivity contribution < 1.29 is 14.4 Å². The molecule has 0 aliphatic heterocycles. The molecule has 2 aromatic rings. The summed E-state index contributed by atoms with van der Waals surface area (Å²) in [5.41, 5.74) is 2.50.